The third-order valence-corrected chi connectivity index (χ3v) is 3.19. The summed E-state index contributed by atoms with van der Waals surface area (Å²) in [5, 5.41) is 3.40. The second-order valence-electron chi connectivity index (χ2n) is 4.33. The quantitative estimate of drug-likeness (QED) is 0.812. The number of benzene rings is 1. The number of nitrogens with two attached hydrogens (primary N) is 1. The van der Waals surface area contributed by atoms with Crippen LogP contribution in [0.25, 0.3) is 6.08 Å². The van der Waals surface area contributed by atoms with E-state index in [9.17, 15) is 0 Å². The van der Waals surface area contributed by atoms with Crippen molar-refractivity contribution in [3.63, 3.8) is 0 Å². The zero-order valence-electron chi connectivity index (χ0n) is 9.65. The Bertz CT molecular complexity index is 334. The molecule has 2 heteroatoms. The molecule has 1 aliphatic rings. The molecule has 86 valence electrons. The molecule has 1 saturated heterocycles. The van der Waals surface area contributed by atoms with Crippen LogP contribution in [0, 0.1) is 0 Å². The lowest BCUT2D eigenvalue weighted by Crippen LogP contribution is -2.26. The first-order valence-electron chi connectivity index (χ1n) is 6.07. The zero-order valence-corrected chi connectivity index (χ0v) is 9.65. The van der Waals surface area contributed by atoms with E-state index >= 15 is 0 Å². The Balaban J connectivity index is 2.03. The Hall–Kier alpha value is -1.12. The minimum Gasteiger partial charge on any atom is -0.327 e. The van der Waals surface area contributed by atoms with Crippen molar-refractivity contribution in [3.8, 4) is 0 Å². The van der Waals surface area contributed by atoms with Gasteiger partial charge in [-0.1, -0.05) is 36.4 Å². The van der Waals surface area contributed by atoms with Crippen LogP contribution in [0.4, 0.5) is 0 Å². The van der Waals surface area contributed by atoms with Crippen LogP contribution in [0.2, 0.25) is 0 Å². The van der Waals surface area contributed by atoms with Gasteiger partial charge in [0, 0.05) is 6.54 Å². The minimum absolute atomic E-state index is 0.607. The fraction of sp³-hybridized carbons (Fsp3) is 0.429. The van der Waals surface area contributed by atoms with Crippen molar-refractivity contribution in [2.75, 3.05) is 19.6 Å². The first-order valence-corrected chi connectivity index (χ1v) is 6.07. The Kier molecular flexibility index (Phi) is 4.14. The standard InChI is InChI=1S/C14H20N2/c15-9-1-2-12-3-5-13(6-4-12)14-7-10-16-11-8-14/h1-6,14,16H,7-11,15H2/b2-1+. The monoisotopic (exact) mass is 216 g/mol. The van der Waals surface area contributed by atoms with Crippen LogP contribution in [0.5, 0.6) is 0 Å². The number of rotatable bonds is 3. The van der Waals surface area contributed by atoms with Gasteiger partial charge in [0.2, 0.25) is 0 Å². The predicted octanol–water partition coefficient (Wildman–Crippen LogP) is 2.13. The molecule has 0 unspecified atom stereocenters. The normalized spacial score (nSPS) is 18.1. The summed E-state index contributed by atoms with van der Waals surface area (Å²) in [7, 11) is 0. The van der Waals surface area contributed by atoms with E-state index in [0.29, 0.717) is 6.54 Å². The largest absolute Gasteiger partial charge is 0.327 e. The second-order valence-corrected chi connectivity index (χ2v) is 4.33. The van der Waals surface area contributed by atoms with Crippen molar-refractivity contribution >= 4 is 6.08 Å². The topological polar surface area (TPSA) is 38.0 Å². The van der Waals surface area contributed by atoms with Crippen LogP contribution in [-0.4, -0.2) is 19.6 Å². The smallest absolute Gasteiger partial charge is 0.0110 e. The van der Waals surface area contributed by atoms with Gasteiger partial charge in [-0.3, -0.25) is 0 Å². The van der Waals surface area contributed by atoms with Crippen LogP contribution in [0.15, 0.2) is 30.3 Å². The minimum atomic E-state index is 0.607. The third kappa shape index (κ3) is 2.94. The second kappa shape index (κ2) is 5.83. The lowest BCUT2D eigenvalue weighted by molar-refractivity contribution is 0.460. The highest BCUT2D eigenvalue weighted by molar-refractivity contribution is 5.50. The lowest BCUT2D eigenvalue weighted by Gasteiger charge is -2.22. The Morgan fingerprint density at radius 2 is 1.88 bits per heavy atom. The van der Waals surface area contributed by atoms with Crippen molar-refractivity contribution in [2.24, 2.45) is 5.73 Å². The van der Waals surface area contributed by atoms with Crippen LogP contribution < -0.4 is 11.1 Å². The van der Waals surface area contributed by atoms with Gasteiger partial charge in [0.15, 0.2) is 0 Å². The van der Waals surface area contributed by atoms with E-state index in [1.54, 1.807) is 0 Å². The van der Waals surface area contributed by atoms with E-state index in [0.717, 1.165) is 19.0 Å². The number of nitrogens with one attached hydrogen (secondary N) is 1. The number of hydrogen-bond acceptors (Lipinski definition) is 2. The highest BCUT2D eigenvalue weighted by Gasteiger charge is 2.14. The molecular weight excluding hydrogens is 196 g/mol. The van der Waals surface area contributed by atoms with Gasteiger partial charge in [-0.05, 0) is 43.0 Å². The summed E-state index contributed by atoms with van der Waals surface area (Å²) in [6.45, 7) is 2.91. The van der Waals surface area contributed by atoms with Crippen LogP contribution in [-0.2, 0) is 0 Å². The summed E-state index contributed by atoms with van der Waals surface area (Å²) in [5.41, 5.74) is 8.15. The van der Waals surface area contributed by atoms with Crippen molar-refractivity contribution in [2.45, 2.75) is 18.8 Å². The Morgan fingerprint density at radius 3 is 2.50 bits per heavy atom. The van der Waals surface area contributed by atoms with Gasteiger partial charge in [-0.25, -0.2) is 0 Å². The first kappa shape index (κ1) is 11.4. The molecule has 0 amide bonds. The summed E-state index contributed by atoms with van der Waals surface area (Å²) in [6.07, 6.45) is 6.59. The van der Waals surface area contributed by atoms with E-state index in [1.165, 1.54) is 24.0 Å². The molecule has 0 saturated carbocycles. The molecule has 1 aromatic carbocycles. The van der Waals surface area contributed by atoms with E-state index in [4.69, 9.17) is 5.73 Å². The summed E-state index contributed by atoms with van der Waals surface area (Å²) >= 11 is 0. The van der Waals surface area contributed by atoms with Crippen LogP contribution >= 0.6 is 0 Å². The molecule has 1 fully saturated rings. The molecular formula is C14H20N2. The molecule has 1 aromatic rings. The number of piperidine rings is 1. The molecule has 1 aliphatic heterocycles. The molecule has 0 aliphatic carbocycles. The summed E-state index contributed by atoms with van der Waals surface area (Å²) in [5.74, 6) is 0.744. The maximum atomic E-state index is 5.43. The molecule has 1 heterocycles. The first-order chi connectivity index (χ1) is 7.90. The molecule has 2 nitrogen and oxygen atoms in total. The average Bonchev–Trinajstić information content (AvgIpc) is 2.38. The van der Waals surface area contributed by atoms with Gasteiger partial charge in [0.25, 0.3) is 0 Å². The van der Waals surface area contributed by atoms with Gasteiger partial charge in [0.1, 0.15) is 0 Å². The summed E-state index contributed by atoms with van der Waals surface area (Å²) < 4.78 is 0. The van der Waals surface area contributed by atoms with E-state index in [2.05, 4.69) is 35.7 Å². The van der Waals surface area contributed by atoms with Crippen LogP contribution in [0.1, 0.15) is 29.9 Å². The fourth-order valence-electron chi connectivity index (χ4n) is 2.24. The fourth-order valence-corrected chi connectivity index (χ4v) is 2.24. The Labute approximate surface area is 97.5 Å². The van der Waals surface area contributed by atoms with Crippen molar-refractivity contribution in [3.05, 3.63) is 41.5 Å². The zero-order chi connectivity index (χ0) is 11.2. The maximum absolute atomic E-state index is 5.43. The van der Waals surface area contributed by atoms with E-state index in [1.807, 2.05) is 6.08 Å². The van der Waals surface area contributed by atoms with Crippen molar-refractivity contribution in [1.29, 1.82) is 0 Å². The number of hydrogen-bond donors (Lipinski definition) is 2. The van der Waals surface area contributed by atoms with Gasteiger partial charge >= 0.3 is 0 Å². The highest BCUT2D eigenvalue weighted by Crippen LogP contribution is 2.25. The molecule has 2 rings (SSSR count). The molecule has 0 bridgehead atoms. The summed E-state index contributed by atoms with van der Waals surface area (Å²) in [6, 6.07) is 8.88. The summed E-state index contributed by atoms with van der Waals surface area (Å²) in [4.78, 5) is 0. The third-order valence-electron chi connectivity index (χ3n) is 3.19. The average molecular weight is 216 g/mol. The Morgan fingerprint density at radius 1 is 1.19 bits per heavy atom. The predicted molar refractivity (Wildman–Crippen MR) is 69.4 cm³/mol. The molecule has 0 radical (unpaired) electrons. The highest BCUT2D eigenvalue weighted by atomic mass is 14.9. The molecule has 0 aromatic heterocycles. The van der Waals surface area contributed by atoms with Gasteiger partial charge in [0.05, 0.1) is 0 Å². The van der Waals surface area contributed by atoms with Gasteiger partial charge in [-0.15, -0.1) is 0 Å². The SMILES string of the molecule is NC/C=C/c1ccc(C2CCNCC2)cc1. The molecule has 0 atom stereocenters. The van der Waals surface area contributed by atoms with Crippen molar-refractivity contribution in [1.82, 2.24) is 5.32 Å². The van der Waals surface area contributed by atoms with Gasteiger partial charge in [-0.2, -0.15) is 0 Å². The molecule has 0 spiro atoms. The molecule has 3 N–H and O–H groups in total. The van der Waals surface area contributed by atoms with Crippen LogP contribution in [0.3, 0.4) is 0 Å². The lowest BCUT2D eigenvalue weighted by atomic mass is 9.90. The molecule has 16 heavy (non-hydrogen) atoms. The van der Waals surface area contributed by atoms with E-state index < -0.39 is 0 Å². The van der Waals surface area contributed by atoms with Crippen molar-refractivity contribution < 1.29 is 0 Å². The van der Waals surface area contributed by atoms with Gasteiger partial charge < -0.3 is 11.1 Å². The maximum Gasteiger partial charge on any atom is 0.0110 e. The van der Waals surface area contributed by atoms with E-state index in [-0.39, 0.29) is 0 Å².